The lowest BCUT2D eigenvalue weighted by molar-refractivity contribution is -0.113. The van der Waals surface area contributed by atoms with Gasteiger partial charge in [0.2, 0.25) is 0 Å². The molecule has 1 aliphatic heterocycles. The van der Waals surface area contributed by atoms with Crippen LogP contribution in [0.15, 0.2) is 16.3 Å². The normalized spacial score (nSPS) is 17.4. The summed E-state index contributed by atoms with van der Waals surface area (Å²) in [7, 11) is 1.85. The molecule has 0 aromatic heterocycles. The average Bonchev–Trinajstić information content (AvgIpc) is 2.47. The molecule has 1 rings (SSSR count). The van der Waals surface area contributed by atoms with Gasteiger partial charge in [-0.2, -0.15) is 0 Å². The van der Waals surface area contributed by atoms with E-state index in [9.17, 15) is 4.79 Å². The van der Waals surface area contributed by atoms with E-state index < -0.39 is 0 Å². The summed E-state index contributed by atoms with van der Waals surface area (Å²) < 4.78 is 0. The van der Waals surface area contributed by atoms with Crippen molar-refractivity contribution in [2.75, 3.05) is 7.05 Å². The quantitative estimate of drug-likeness (QED) is 0.654. The third-order valence-corrected chi connectivity index (χ3v) is 2.44. The van der Waals surface area contributed by atoms with E-state index in [0.717, 1.165) is 29.8 Å². The average molecular weight is 180 g/mol. The van der Waals surface area contributed by atoms with Crippen LogP contribution in [0.25, 0.3) is 0 Å². The van der Waals surface area contributed by atoms with Gasteiger partial charge in [-0.1, -0.05) is 0 Å². The van der Waals surface area contributed by atoms with Crippen LogP contribution in [-0.2, 0) is 4.79 Å². The maximum atomic E-state index is 10.8. The second kappa shape index (κ2) is 3.32. The van der Waals surface area contributed by atoms with Crippen molar-refractivity contribution in [2.24, 2.45) is 10.4 Å². The van der Waals surface area contributed by atoms with Crippen molar-refractivity contribution in [3.63, 3.8) is 0 Å². The maximum Gasteiger partial charge on any atom is 0.129 e. The fraction of sp³-hybridized carbons (Fsp3) is 0.600. The Morgan fingerprint density at radius 3 is 2.54 bits per heavy atom. The third-order valence-electron chi connectivity index (χ3n) is 2.44. The minimum atomic E-state index is -0.383. The SMILES string of the molecule is CNC1=NC(C)=C(C(C)(C)C=O)C1. The summed E-state index contributed by atoms with van der Waals surface area (Å²) >= 11 is 0. The van der Waals surface area contributed by atoms with Gasteiger partial charge >= 0.3 is 0 Å². The van der Waals surface area contributed by atoms with E-state index in [1.807, 2.05) is 27.8 Å². The Labute approximate surface area is 78.9 Å². The summed E-state index contributed by atoms with van der Waals surface area (Å²) in [6.45, 7) is 5.80. The Balaban J connectivity index is 2.89. The predicted molar refractivity (Wildman–Crippen MR) is 53.7 cm³/mol. The number of carbonyl (C=O) groups excluding carboxylic acids is 1. The molecule has 3 nitrogen and oxygen atoms in total. The lowest BCUT2D eigenvalue weighted by Gasteiger charge is -2.19. The lowest BCUT2D eigenvalue weighted by atomic mass is 9.83. The fourth-order valence-electron chi connectivity index (χ4n) is 1.51. The van der Waals surface area contributed by atoms with Gasteiger partial charge in [0, 0.05) is 24.6 Å². The number of nitrogens with one attached hydrogen (secondary N) is 1. The molecule has 0 unspecified atom stereocenters. The van der Waals surface area contributed by atoms with Crippen molar-refractivity contribution >= 4 is 12.1 Å². The number of allylic oxidation sites excluding steroid dienone is 1. The predicted octanol–water partition coefficient (Wildman–Crippen LogP) is 1.51. The number of rotatable bonds is 2. The van der Waals surface area contributed by atoms with Gasteiger partial charge in [0.1, 0.15) is 12.1 Å². The van der Waals surface area contributed by atoms with Crippen LogP contribution in [0.2, 0.25) is 0 Å². The van der Waals surface area contributed by atoms with Crippen molar-refractivity contribution in [3.05, 3.63) is 11.3 Å². The largest absolute Gasteiger partial charge is 0.376 e. The van der Waals surface area contributed by atoms with Crippen LogP contribution in [0.4, 0.5) is 0 Å². The number of nitrogens with zero attached hydrogens (tertiary/aromatic N) is 1. The molecular formula is C10H16N2O. The summed E-state index contributed by atoms with van der Waals surface area (Å²) in [5.41, 5.74) is 1.71. The van der Waals surface area contributed by atoms with Gasteiger partial charge in [0.15, 0.2) is 0 Å². The topological polar surface area (TPSA) is 41.5 Å². The highest BCUT2D eigenvalue weighted by Gasteiger charge is 2.28. The van der Waals surface area contributed by atoms with E-state index in [1.165, 1.54) is 0 Å². The third kappa shape index (κ3) is 1.79. The highest BCUT2D eigenvalue weighted by atomic mass is 16.1. The standard InChI is InChI=1S/C10H16N2O/c1-7-8(10(2,3)6-13)5-9(11-4)12-7/h6H,5H2,1-4H3,(H,11,12). The van der Waals surface area contributed by atoms with Crippen molar-refractivity contribution in [2.45, 2.75) is 27.2 Å². The highest BCUT2D eigenvalue weighted by molar-refractivity contribution is 5.89. The van der Waals surface area contributed by atoms with Gasteiger partial charge in [-0.3, -0.25) is 0 Å². The Morgan fingerprint density at radius 1 is 1.54 bits per heavy atom. The van der Waals surface area contributed by atoms with Gasteiger partial charge in [-0.15, -0.1) is 0 Å². The van der Waals surface area contributed by atoms with Crippen LogP contribution in [0, 0.1) is 5.41 Å². The molecule has 0 saturated heterocycles. The van der Waals surface area contributed by atoms with Crippen molar-refractivity contribution in [3.8, 4) is 0 Å². The summed E-state index contributed by atoms with van der Waals surface area (Å²) in [6, 6.07) is 0. The number of carbonyl (C=O) groups is 1. The molecular weight excluding hydrogens is 164 g/mol. The van der Waals surface area contributed by atoms with Gasteiger partial charge in [-0.05, 0) is 26.3 Å². The first-order valence-corrected chi connectivity index (χ1v) is 4.43. The van der Waals surface area contributed by atoms with Crippen LogP contribution in [0.5, 0.6) is 0 Å². The zero-order valence-corrected chi connectivity index (χ0v) is 8.64. The second-order valence-electron chi connectivity index (χ2n) is 3.89. The number of aliphatic imine (C=N–C) groups is 1. The Hall–Kier alpha value is -1.12. The van der Waals surface area contributed by atoms with Gasteiger partial charge < -0.3 is 10.1 Å². The number of hydrogen-bond acceptors (Lipinski definition) is 3. The summed E-state index contributed by atoms with van der Waals surface area (Å²) in [4.78, 5) is 15.2. The first kappa shape index (κ1) is 9.96. The summed E-state index contributed by atoms with van der Waals surface area (Å²) in [6.07, 6.45) is 1.76. The molecule has 1 heterocycles. The van der Waals surface area contributed by atoms with Gasteiger partial charge in [0.05, 0.1) is 0 Å². The molecule has 1 aliphatic rings. The molecule has 0 aromatic carbocycles. The lowest BCUT2D eigenvalue weighted by Crippen LogP contribution is -2.21. The Morgan fingerprint density at radius 2 is 2.15 bits per heavy atom. The second-order valence-corrected chi connectivity index (χ2v) is 3.89. The van der Waals surface area contributed by atoms with Gasteiger partial charge in [-0.25, -0.2) is 4.99 Å². The van der Waals surface area contributed by atoms with E-state index >= 15 is 0 Å². The molecule has 3 heteroatoms. The molecule has 13 heavy (non-hydrogen) atoms. The molecule has 1 N–H and O–H groups in total. The number of amidine groups is 1. The fourth-order valence-corrected chi connectivity index (χ4v) is 1.51. The van der Waals surface area contributed by atoms with Crippen molar-refractivity contribution in [1.29, 1.82) is 0 Å². The monoisotopic (exact) mass is 180 g/mol. The minimum Gasteiger partial charge on any atom is -0.376 e. The molecule has 0 amide bonds. The van der Waals surface area contributed by atoms with E-state index in [-0.39, 0.29) is 5.41 Å². The van der Waals surface area contributed by atoms with E-state index in [4.69, 9.17) is 0 Å². The minimum absolute atomic E-state index is 0.383. The molecule has 0 spiro atoms. The van der Waals surface area contributed by atoms with Crippen molar-refractivity contribution in [1.82, 2.24) is 5.32 Å². The first-order chi connectivity index (χ1) is 6.01. The zero-order valence-electron chi connectivity index (χ0n) is 8.64. The van der Waals surface area contributed by atoms with E-state index in [2.05, 4.69) is 10.3 Å². The van der Waals surface area contributed by atoms with Crippen LogP contribution >= 0.6 is 0 Å². The van der Waals surface area contributed by atoms with E-state index in [1.54, 1.807) is 0 Å². The molecule has 0 fully saturated rings. The summed E-state index contributed by atoms with van der Waals surface area (Å²) in [5, 5.41) is 3.01. The van der Waals surface area contributed by atoms with Crippen LogP contribution in [0.3, 0.4) is 0 Å². The smallest absolute Gasteiger partial charge is 0.129 e. The Kier molecular flexibility index (Phi) is 2.55. The highest BCUT2D eigenvalue weighted by Crippen LogP contribution is 2.33. The molecule has 72 valence electrons. The molecule has 0 aliphatic carbocycles. The Bertz CT molecular complexity index is 287. The zero-order chi connectivity index (χ0) is 10.1. The molecule has 0 aromatic rings. The van der Waals surface area contributed by atoms with Crippen LogP contribution in [-0.4, -0.2) is 19.2 Å². The van der Waals surface area contributed by atoms with E-state index in [0.29, 0.717) is 0 Å². The van der Waals surface area contributed by atoms with Crippen molar-refractivity contribution < 1.29 is 4.79 Å². The summed E-state index contributed by atoms with van der Waals surface area (Å²) in [5.74, 6) is 0.947. The molecule has 0 atom stereocenters. The maximum absolute atomic E-state index is 10.8. The molecule has 0 saturated carbocycles. The number of aldehydes is 1. The van der Waals surface area contributed by atoms with Crippen LogP contribution < -0.4 is 5.32 Å². The van der Waals surface area contributed by atoms with Crippen LogP contribution in [0.1, 0.15) is 27.2 Å². The van der Waals surface area contributed by atoms with Gasteiger partial charge in [0.25, 0.3) is 0 Å². The number of hydrogen-bond donors (Lipinski definition) is 1. The molecule has 0 bridgehead atoms. The first-order valence-electron chi connectivity index (χ1n) is 4.43. The molecule has 0 radical (unpaired) electrons.